The van der Waals surface area contributed by atoms with Crippen LogP contribution in [0.4, 0.5) is 0 Å². The van der Waals surface area contributed by atoms with E-state index in [0.29, 0.717) is 55.0 Å². The zero-order chi connectivity index (χ0) is 29.8. The van der Waals surface area contributed by atoms with Gasteiger partial charge >= 0.3 is 5.97 Å². The van der Waals surface area contributed by atoms with Gasteiger partial charge in [-0.15, -0.1) is 0 Å². The van der Waals surface area contributed by atoms with Crippen LogP contribution in [-0.4, -0.2) is 31.4 Å². The summed E-state index contributed by atoms with van der Waals surface area (Å²) in [4.78, 5) is 32.2. The molecule has 0 radical (unpaired) electrons. The van der Waals surface area contributed by atoms with Crippen molar-refractivity contribution in [2.24, 2.45) is 4.99 Å². The number of nitrogens with zero attached hydrogens (tertiary/aromatic N) is 2. The molecule has 2 heterocycles. The van der Waals surface area contributed by atoms with Crippen molar-refractivity contribution < 1.29 is 23.7 Å². The largest absolute Gasteiger partial charge is 0.496 e. The quantitative estimate of drug-likeness (QED) is 0.249. The van der Waals surface area contributed by atoms with Crippen LogP contribution in [0.5, 0.6) is 17.2 Å². The van der Waals surface area contributed by atoms with Gasteiger partial charge in [-0.05, 0) is 61.4 Å². The molecule has 42 heavy (non-hydrogen) atoms. The van der Waals surface area contributed by atoms with E-state index in [-0.39, 0.29) is 12.2 Å². The van der Waals surface area contributed by atoms with E-state index in [2.05, 4.69) is 4.99 Å². The van der Waals surface area contributed by atoms with Crippen LogP contribution >= 0.6 is 22.9 Å². The number of methoxy groups -OCH3 is 2. The van der Waals surface area contributed by atoms with Gasteiger partial charge in [-0.2, -0.15) is 0 Å². The monoisotopic (exact) mass is 604 g/mol. The van der Waals surface area contributed by atoms with Gasteiger partial charge in [0, 0.05) is 10.6 Å². The van der Waals surface area contributed by atoms with Crippen LogP contribution < -0.4 is 29.1 Å². The second kappa shape index (κ2) is 12.7. The summed E-state index contributed by atoms with van der Waals surface area (Å²) < 4.78 is 24.5. The number of para-hydroxylation sites is 1. The standard InChI is InChI=1S/C32H29ClN2O6S/c1-5-40-31(37)28-19(2)34-32-35(29(28)23-8-6-7-9-24(23)38-3)30(36)27(42-32)17-21-12-15-25(26(16-21)39-4)41-18-20-10-13-22(33)14-11-20/h6-17,29H,5,18H2,1-4H3/b27-17+/t29-/m0/s1. The van der Waals surface area contributed by atoms with Crippen molar-refractivity contribution in [3.8, 4) is 17.2 Å². The molecule has 216 valence electrons. The van der Waals surface area contributed by atoms with Gasteiger partial charge in [0.25, 0.3) is 5.56 Å². The number of thiazole rings is 1. The molecule has 0 aliphatic carbocycles. The first-order valence-corrected chi connectivity index (χ1v) is 14.4. The summed E-state index contributed by atoms with van der Waals surface area (Å²) in [6, 6.07) is 19.4. The molecule has 1 aliphatic rings. The second-order valence-corrected chi connectivity index (χ2v) is 10.8. The van der Waals surface area contributed by atoms with Crippen molar-refractivity contribution in [3.63, 3.8) is 0 Å². The maximum absolute atomic E-state index is 13.9. The summed E-state index contributed by atoms with van der Waals surface area (Å²) in [5.41, 5.74) is 2.87. The summed E-state index contributed by atoms with van der Waals surface area (Å²) in [5.74, 6) is 1.12. The lowest BCUT2D eigenvalue weighted by Gasteiger charge is -2.25. The maximum atomic E-state index is 13.9. The van der Waals surface area contributed by atoms with E-state index < -0.39 is 12.0 Å². The number of allylic oxidation sites excluding steroid dienone is 1. The third kappa shape index (κ3) is 5.84. The van der Waals surface area contributed by atoms with Gasteiger partial charge in [-0.3, -0.25) is 9.36 Å². The molecular weight excluding hydrogens is 576 g/mol. The molecule has 8 nitrogen and oxygen atoms in total. The SMILES string of the molecule is CCOC(=O)C1=C(C)N=c2s/c(=C/c3ccc(OCc4ccc(Cl)cc4)c(OC)c3)c(=O)n2[C@H]1c1ccccc1OC. The van der Waals surface area contributed by atoms with E-state index >= 15 is 0 Å². The molecule has 0 spiro atoms. The normalized spacial score (nSPS) is 14.7. The third-order valence-corrected chi connectivity index (χ3v) is 7.98. The number of hydrogen-bond acceptors (Lipinski definition) is 8. The molecule has 5 rings (SSSR count). The molecule has 0 N–H and O–H groups in total. The Bertz CT molecular complexity index is 1840. The van der Waals surface area contributed by atoms with Crippen molar-refractivity contribution >= 4 is 35.0 Å². The van der Waals surface area contributed by atoms with Crippen LogP contribution in [-0.2, 0) is 16.1 Å². The van der Waals surface area contributed by atoms with Gasteiger partial charge in [0.05, 0.1) is 36.6 Å². The fourth-order valence-electron chi connectivity index (χ4n) is 4.76. The number of aromatic nitrogens is 1. The Morgan fingerprint density at radius 2 is 1.76 bits per heavy atom. The highest BCUT2D eigenvalue weighted by Crippen LogP contribution is 2.35. The number of hydrogen-bond donors (Lipinski definition) is 0. The Kier molecular flexibility index (Phi) is 8.80. The predicted molar refractivity (Wildman–Crippen MR) is 162 cm³/mol. The van der Waals surface area contributed by atoms with E-state index in [9.17, 15) is 9.59 Å². The Hall–Kier alpha value is -4.34. The predicted octanol–water partition coefficient (Wildman–Crippen LogP) is 5.05. The molecule has 10 heteroatoms. The van der Waals surface area contributed by atoms with Gasteiger partial charge in [0.2, 0.25) is 0 Å². The first kappa shape index (κ1) is 29.2. The fraction of sp³-hybridized carbons (Fsp3) is 0.219. The third-order valence-electron chi connectivity index (χ3n) is 6.74. The topological polar surface area (TPSA) is 88.4 Å². The number of rotatable bonds is 9. The van der Waals surface area contributed by atoms with Crippen LogP contribution in [0.3, 0.4) is 0 Å². The number of benzene rings is 3. The molecule has 1 atom stereocenters. The first-order valence-electron chi connectivity index (χ1n) is 13.2. The van der Waals surface area contributed by atoms with Crippen molar-refractivity contribution in [1.82, 2.24) is 4.57 Å². The molecule has 0 fully saturated rings. The smallest absolute Gasteiger partial charge is 0.338 e. The summed E-state index contributed by atoms with van der Waals surface area (Å²) >= 11 is 7.22. The van der Waals surface area contributed by atoms with Crippen LogP contribution in [0.2, 0.25) is 5.02 Å². The zero-order valence-electron chi connectivity index (χ0n) is 23.5. The maximum Gasteiger partial charge on any atom is 0.338 e. The Balaban J connectivity index is 1.56. The van der Waals surface area contributed by atoms with Crippen molar-refractivity contribution in [2.75, 3.05) is 20.8 Å². The molecule has 0 bridgehead atoms. The molecule has 3 aromatic carbocycles. The lowest BCUT2D eigenvalue weighted by atomic mass is 9.95. The molecule has 1 aromatic heterocycles. The summed E-state index contributed by atoms with van der Waals surface area (Å²) in [6.45, 7) is 4.03. The molecule has 1 aliphatic heterocycles. The molecule has 0 saturated heterocycles. The molecule has 0 amide bonds. The van der Waals surface area contributed by atoms with Crippen LogP contribution in [0.1, 0.15) is 36.6 Å². The van der Waals surface area contributed by atoms with Crippen molar-refractivity contribution in [3.05, 3.63) is 119 Å². The highest BCUT2D eigenvalue weighted by atomic mass is 35.5. The Labute approximate surface area is 251 Å². The Morgan fingerprint density at radius 3 is 2.48 bits per heavy atom. The minimum Gasteiger partial charge on any atom is -0.496 e. The van der Waals surface area contributed by atoms with Gasteiger partial charge < -0.3 is 18.9 Å². The minimum absolute atomic E-state index is 0.194. The molecule has 0 saturated carbocycles. The van der Waals surface area contributed by atoms with Crippen LogP contribution in [0.15, 0.2) is 87.8 Å². The fourth-order valence-corrected chi connectivity index (χ4v) is 5.94. The second-order valence-electron chi connectivity index (χ2n) is 9.37. The Morgan fingerprint density at radius 1 is 1.02 bits per heavy atom. The van der Waals surface area contributed by atoms with Crippen molar-refractivity contribution in [1.29, 1.82) is 0 Å². The molecular formula is C32H29ClN2O6S. The van der Waals surface area contributed by atoms with E-state index in [1.807, 2.05) is 54.6 Å². The lowest BCUT2D eigenvalue weighted by molar-refractivity contribution is -0.139. The lowest BCUT2D eigenvalue weighted by Crippen LogP contribution is -2.40. The zero-order valence-corrected chi connectivity index (χ0v) is 25.1. The van der Waals surface area contributed by atoms with Gasteiger partial charge in [0.15, 0.2) is 16.3 Å². The van der Waals surface area contributed by atoms with E-state index in [1.54, 1.807) is 46.3 Å². The average molecular weight is 605 g/mol. The number of fused-ring (bicyclic) bond motifs is 1. The highest BCUT2D eigenvalue weighted by molar-refractivity contribution is 7.07. The van der Waals surface area contributed by atoms with Gasteiger partial charge in [0.1, 0.15) is 18.4 Å². The average Bonchev–Trinajstić information content (AvgIpc) is 3.30. The van der Waals surface area contributed by atoms with E-state index in [0.717, 1.165) is 11.1 Å². The molecule has 4 aromatic rings. The number of esters is 1. The van der Waals surface area contributed by atoms with E-state index in [4.69, 9.17) is 30.5 Å². The summed E-state index contributed by atoms with van der Waals surface area (Å²) in [5, 5.41) is 0.660. The first-order chi connectivity index (χ1) is 20.3. The van der Waals surface area contributed by atoms with Gasteiger partial charge in [-0.1, -0.05) is 59.3 Å². The van der Waals surface area contributed by atoms with Crippen molar-refractivity contribution in [2.45, 2.75) is 26.5 Å². The van der Waals surface area contributed by atoms with Crippen LogP contribution in [0, 0.1) is 0 Å². The van der Waals surface area contributed by atoms with Gasteiger partial charge in [-0.25, -0.2) is 9.79 Å². The number of carbonyl (C=O) groups excluding carboxylic acids is 1. The molecule has 0 unspecified atom stereocenters. The van der Waals surface area contributed by atoms with Crippen LogP contribution in [0.25, 0.3) is 6.08 Å². The number of carbonyl (C=O) groups is 1. The number of halogens is 1. The minimum atomic E-state index is -0.767. The number of ether oxygens (including phenoxy) is 4. The summed E-state index contributed by atoms with van der Waals surface area (Å²) in [6.07, 6.45) is 1.78. The highest BCUT2D eigenvalue weighted by Gasteiger charge is 2.34. The summed E-state index contributed by atoms with van der Waals surface area (Å²) in [7, 11) is 3.12. The van der Waals surface area contributed by atoms with E-state index in [1.165, 1.54) is 15.9 Å².